The molecule has 3 nitrogen and oxygen atoms in total. The van der Waals surface area contributed by atoms with Gasteiger partial charge in [0, 0.05) is 18.5 Å². The Morgan fingerprint density at radius 3 is 2.93 bits per heavy atom. The summed E-state index contributed by atoms with van der Waals surface area (Å²) in [5.41, 5.74) is 3.54. The quantitative estimate of drug-likeness (QED) is 0.781. The minimum atomic E-state index is 0.243. The Bertz CT molecular complexity index is 444. The highest BCUT2D eigenvalue weighted by atomic mass is 79.9. The van der Waals surface area contributed by atoms with E-state index >= 15 is 0 Å². The zero-order valence-electron chi connectivity index (χ0n) is 8.12. The summed E-state index contributed by atoms with van der Waals surface area (Å²) in [6.45, 7) is 0.826. The summed E-state index contributed by atoms with van der Waals surface area (Å²) < 4.78 is 5.15. The lowest BCUT2D eigenvalue weighted by Crippen LogP contribution is -2.32. The molecule has 0 radical (unpaired) electrons. The molecular weight excluding hydrogens is 258 g/mol. The molecule has 0 bridgehead atoms. The summed E-state index contributed by atoms with van der Waals surface area (Å²) in [5.74, 6) is 1.08. The van der Waals surface area contributed by atoms with Crippen molar-refractivity contribution in [3.8, 4) is 5.75 Å². The molecular formula is C11H10BrNO2. The molecule has 3 rings (SSSR count). The van der Waals surface area contributed by atoms with E-state index in [1.807, 2.05) is 17.0 Å². The van der Waals surface area contributed by atoms with Gasteiger partial charge in [-0.2, -0.15) is 0 Å². The summed E-state index contributed by atoms with van der Waals surface area (Å²) >= 11 is 3.01. The van der Waals surface area contributed by atoms with E-state index in [9.17, 15) is 4.79 Å². The number of hydrogen-bond acceptors (Lipinski definition) is 2. The maximum absolute atomic E-state index is 11.7. The van der Waals surface area contributed by atoms with Crippen LogP contribution in [0.5, 0.6) is 5.75 Å². The maximum atomic E-state index is 11.7. The molecule has 78 valence electrons. The van der Waals surface area contributed by atoms with Crippen molar-refractivity contribution in [3.63, 3.8) is 0 Å². The van der Waals surface area contributed by atoms with E-state index in [-0.39, 0.29) is 5.91 Å². The first-order valence-electron chi connectivity index (χ1n) is 5.05. The van der Waals surface area contributed by atoms with Crippen molar-refractivity contribution in [1.82, 2.24) is 0 Å². The number of anilines is 1. The molecule has 4 heteroatoms. The van der Waals surface area contributed by atoms with Crippen molar-refractivity contribution in [2.75, 3.05) is 11.4 Å². The van der Waals surface area contributed by atoms with Crippen LogP contribution >= 0.6 is 16.3 Å². The topological polar surface area (TPSA) is 29.5 Å². The average Bonchev–Trinajstić information content (AvgIpc) is 2.69. The van der Waals surface area contributed by atoms with Crippen molar-refractivity contribution < 1.29 is 8.62 Å². The zero-order valence-corrected chi connectivity index (χ0v) is 9.71. The number of carbonyl (C=O) groups excluding carboxylic acids is 1. The monoisotopic (exact) mass is 267 g/mol. The molecule has 0 aliphatic carbocycles. The second-order valence-corrected chi connectivity index (χ2v) is 4.25. The van der Waals surface area contributed by atoms with Gasteiger partial charge in [0.15, 0.2) is 16.3 Å². The van der Waals surface area contributed by atoms with Crippen molar-refractivity contribution in [3.05, 3.63) is 23.3 Å². The van der Waals surface area contributed by atoms with Crippen molar-refractivity contribution in [2.24, 2.45) is 0 Å². The minimum Gasteiger partial charge on any atom is -0.418 e. The van der Waals surface area contributed by atoms with Crippen LogP contribution < -0.4 is 8.73 Å². The first kappa shape index (κ1) is 9.21. The molecule has 0 atom stereocenters. The highest BCUT2D eigenvalue weighted by Gasteiger charge is 2.32. The summed E-state index contributed by atoms with van der Waals surface area (Å²) in [4.78, 5) is 13.6. The predicted octanol–water partition coefficient (Wildman–Crippen LogP) is 2.21. The molecule has 0 N–H and O–H groups in total. The fourth-order valence-corrected chi connectivity index (χ4v) is 2.78. The van der Waals surface area contributed by atoms with Crippen LogP contribution in [0.3, 0.4) is 0 Å². The minimum absolute atomic E-state index is 0.243. The second kappa shape index (κ2) is 3.23. The van der Waals surface area contributed by atoms with Gasteiger partial charge in [-0.3, -0.25) is 4.79 Å². The summed E-state index contributed by atoms with van der Waals surface area (Å²) in [6.07, 6.45) is 2.36. The van der Waals surface area contributed by atoms with E-state index in [0.717, 1.165) is 30.8 Å². The van der Waals surface area contributed by atoms with Gasteiger partial charge in [-0.25, -0.2) is 0 Å². The molecule has 1 aromatic carbocycles. The first-order chi connectivity index (χ1) is 7.31. The summed E-state index contributed by atoms with van der Waals surface area (Å²) in [6, 6.07) is 4.02. The van der Waals surface area contributed by atoms with Gasteiger partial charge in [0.25, 0.3) is 0 Å². The molecule has 0 unspecified atom stereocenters. The highest BCUT2D eigenvalue weighted by molar-refractivity contribution is 9.06. The fraction of sp³-hybridized carbons (Fsp3) is 0.364. The van der Waals surface area contributed by atoms with Gasteiger partial charge in [-0.1, -0.05) is 6.07 Å². The smallest absolute Gasteiger partial charge is 0.227 e. The average molecular weight is 268 g/mol. The Morgan fingerprint density at radius 2 is 2.13 bits per heavy atom. The third-order valence-electron chi connectivity index (χ3n) is 3.17. The van der Waals surface area contributed by atoms with Gasteiger partial charge < -0.3 is 8.73 Å². The third-order valence-corrected chi connectivity index (χ3v) is 3.52. The molecule has 2 aliphatic rings. The second-order valence-electron chi connectivity index (χ2n) is 3.92. The number of rotatable bonds is 1. The van der Waals surface area contributed by atoms with Crippen LogP contribution in [-0.4, -0.2) is 12.5 Å². The van der Waals surface area contributed by atoms with Crippen LogP contribution in [0.15, 0.2) is 12.1 Å². The van der Waals surface area contributed by atoms with Gasteiger partial charge in [-0.05, 0) is 24.5 Å². The number of benzene rings is 1. The third kappa shape index (κ3) is 1.21. The Kier molecular flexibility index (Phi) is 1.99. The zero-order chi connectivity index (χ0) is 10.4. The normalized spacial score (nSPS) is 17.9. The van der Waals surface area contributed by atoms with Crippen molar-refractivity contribution in [2.45, 2.75) is 19.3 Å². The van der Waals surface area contributed by atoms with Crippen molar-refractivity contribution >= 4 is 27.9 Å². The number of nitrogens with zero attached hydrogens (tertiary/aromatic N) is 1. The molecule has 1 amide bonds. The Morgan fingerprint density at radius 1 is 1.27 bits per heavy atom. The Labute approximate surface area is 96.5 Å². The molecule has 0 saturated carbocycles. The maximum Gasteiger partial charge on any atom is 0.227 e. The van der Waals surface area contributed by atoms with Gasteiger partial charge in [0.2, 0.25) is 5.91 Å². The molecule has 2 heterocycles. The Hall–Kier alpha value is -1.03. The number of carbonyl (C=O) groups is 1. The lowest BCUT2D eigenvalue weighted by molar-refractivity contribution is -0.118. The van der Waals surface area contributed by atoms with Crippen LogP contribution in [-0.2, 0) is 17.6 Å². The van der Waals surface area contributed by atoms with Crippen LogP contribution in [0.4, 0.5) is 5.69 Å². The summed E-state index contributed by atoms with van der Waals surface area (Å²) in [7, 11) is 0. The van der Waals surface area contributed by atoms with Gasteiger partial charge in [0.05, 0.1) is 5.69 Å². The van der Waals surface area contributed by atoms with E-state index < -0.39 is 0 Å². The fourth-order valence-electron chi connectivity index (χ4n) is 2.48. The summed E-state index contributed by atoms with van der Waals surface area (Å²) in [5, 5.41) is 0. The molecule has 0 aromatic heterocycles. The molecule has 1 aromatic rings. The molecule has 15 heavy (non-hydrogen) atoms. The standard InChI is InChI=1S/C11H10BrNO2/c12-15-9-3-1-7-5-6-13-10(14)4-2-8(9)11(7)13/h1,3H,2,4-6H2. The highest BCUT2D eigenvalue weighted by Crippen LogP contribution is 2.41. The van der Waals surface area contributed by atoms with Crippen molar-refractivity contribution in [1.29, 1.82) is 0 Å². The van der Waals surface area contributed by atoms with E-state index in [1.165, 1.54) is 11.1 Å². The molecule has 0 saturated heterocycles. The van der Waals surface area contributed by atoms with Gasteiger partial charge in [0.1, 0.15) is 5.75 Å². The van der Waals surface area contributed by atoms with Crippen LogP contribution in [0.1, 0.15) is 17.5 Å². The SMILES string of the molecule is O=C1CCc2c(OBr)ccc3c2N1CC3. The van der Waals surface area contributed by atoms with E-state index in [4.69, 9.17) is 3.83 Å². The van der Waals surface area contributed by atoms with Crippen LogP contribution in [0, 0.1) is 0 Å². The predicted molar refractivity (Wildman–Crippen MR) is 60.4 cm³/mol. The number of halogens is 1. The lowest BCUT2D eigenvalue weighted by atomic mass is 9.99. The van der Waals surface area contributed by atoms with Gasteiger partial charge in [-0.15, -0.1) is 0 Å². The molecule has 2 aliphatic heterocycles. The number of hydrogen-bond donors (Lipinski definition) is 0. The first-order valence-corrected chi connectivity index (χ1v) is 5.69. The molecule has 0 spiro atoms. The van der Waals surface area contributed by atoms with Crippen LogP contribution in [0.2, 0.25) is 0 Å². The van der Waals surface area contributed by atoms with E-state index in [2.05, 4.69) is 16.3 Å². The van der Waals surface area contributed by atoms with Crippen LogP contribution in [0.25, 0.3) is 0 Å². The lowest BCUT2D eigenvalue weighted by Gasteiger charge is -2.26. The Balaban J connectivity index is 2.22. The molecule has 0 fully saturated rings. The van der Waals surface area contributed by atoms with E-state index in [0.29, 0.717) is 6.42 Å². The largest absolute Gasteiger partial charge is 0.418 e. The van der Waals surface area contributed by atoms with E-state index in [1.54, 1.807) is 0 Å². The van der Waals surface area contributed by atoms with Gasteiger partial charge >= 0.3 is 0 Å². The number of amides is 1.